The highest BCUT2D eigenvalue weighted by Crippen LogP contribution is 2.38. The fourth-order valence-corrected chi connectivity index (χ4v) is 6.60. The molecule has 0 radical (unpaired) electrons. The van der Waals surface area contributed by atoms with Gasteiger partial charge >= 0.3 is 5.97 Å². The van der Waals surface area contributed by atoms with Crippen molar-refractivity contribution in [2.45, 2.75) is 33.4 Å². The third-order valence-corrected chi connectivity index (χ3v) is 8.49. The quantitative estimate of drug-likeness (QED) is 0.199. The second-order valence-corrected chi connectivity index (χ2v) is 11.6. The Balaban J connectivity index is 1.61. The summed E-state index contributed by atoms with van der Waals surface area (Å²) in [5.41, 5.74) is 2.85. The molecule has 5 rings (SSSR count). The van der Waals surface area contributed by atoms with E-state index < -0.39 is 12.0 Å². The van der Waals surface area contributed by atoms with Crippen LogP contribution >= 0.6 is 38.9 Å². The predicted octanol–water partition coefficient (Wildman–Crippen LogP) is 6.19. The van der Waals surface area contributed by atoms with E-state index >= 15 is 0 Å². The Morgan fingerprint density at radius 1 is 1.07 bits per heavy atom. The van der Waals surface area contributed by atoms with Gasteiger partial charge in [-0.25, -0.2) is 9.79 Å². The average molecular weight is 668 g/mol. The average Bonchev–Trinajstić information content (AvgIpc) is 3.27. The van der Waals surface area contributed by atoms with Crippen LogP contribution in [-0.4, -0.2) is 23.8 Å². The molecular formula is C32H28BrClN2O5S. The van der Waals surface area contributed by atoms with Crippen LogP contribution in [0.4, 0.5) is 0 Å². The van der Waals surface area contributed by atoms with Crippen molar-refractivity contribution >= 4 is 50.9 Å². The maximum Gasteiger partial charge on any atom is 0.338 e. The van der Waals surface area contributed by atoms with Gasteiger partial charge in [0.25, 0.3) is 5.56 Å². The van der Waals surface area contributed by atoms with Gasteiger partial charge in [-0.2, -0.15) is 0 Å². The van der Waals surface area contributed by atoms with E-state index in [1.54, 1.807) is 32.1 Å². The maximum absolute atomic E-state index is 14.0. The normalized spacial score (nSPS) is 14.8. The summed E-state index contributed by atoms with van der Waals surface area (Å²) >= 11 is 11.5. The van der Waals surface area contributed by atoms with Crippen molar-refractivity contribution in [2.75, 3.05) is 13.2 Å². The van der Waals surface area contributed by atoms with Gasteiger partial charge in [-0.3, -0.25) is 9.36 Å². The van der Waals surface area contributed by atoms with E-state index in [0.29, 0.717) is 54.8 Å². The molecule has 0 saturated heterocycles. The number of rotatable bonds is 9. The molecule has 0 aliphatic carbocycles. The molecular weight excluding hydrogens is 640 g/mol. The van der Waals surface area contributed by atoms with Crippen molar-refractivity contribution in [3.05, 3.63) is 124 Å². The van der Waals surface area contributed by atoms with E-state index in [-0.39, 0.29) is 17.7 Å². The van der Waals surface area contributed by atoms with E-state index in [2.05, 4.69) is 20.9 Å². The van der Waals surface area contributed by atoms with Crippen LogP contribution in [0.5, 0.6) is 11.5 Å². The molecule has 1 aliphatic rings. The standard InChI is InChI=1S/C32H28BrClN2O5S/c1-4-39-25-16-21(15-23(33)29(25)41-18-20-11-7-6-8-12-20)17-26-30(37)36-28(22-13-9-10-14-24(22)34)27(31(38)40-5-2)19(3)35-32(36)42-26/h6-17,28H,4-5,18H2,1-3H3/b26-17-/t28-/m0/s1. The lowest BCUT2D eigenvalue weighted by Crippen LogP contribution is -2.40. The first-order valence-electron chi connectivity index (χ1n) is 13.4. The highest BCUT2D eigenvalue weighted by Gasteiger charge is 2.34. The van der Waals surface area contributed by atoms with E-state index in [1.165, 1.54) is 15.9 Å². The minimum atomic E-state index is -0.782. The minimum absolute atomic E-state index is 0.192. The molecule has 2 heterocycles. The lowest BCUT2D eigenvalue weighted by atomic mass is 9.96. The van der Waals surface area contributed by atoms with E-state index in [4.69, 9.17) is 25.8 Å². The molecule has 0 bridgehead atoms. The highest BCUT2D eigenvalue weighted by molar-refractivity contribution is 9.10. The first kappa shape index (κ1) is 29.8. The molecule has 3 aromatic carbocycles. The SMILES string of the molecule is CCOC(=O)C1=C(C)N=c2s/c(=C\c3cc(Br)c(OCc4ccccc4)c(OCC)c3)c(=O)n2[C@H]1c1ccccc1Cl. The minimum Gasteiger partial charge on any atom is -0.490 e. The van der Waals surface area contributed by atoms with Gasteiger partial charge in [0.05, 0.1) is 33.5 Å². The zero-order chi connectivity index (χ0) is 29.8. The zero-order valence-corrected chi connectivity index (χ0v) is 26.4. The van der Waals surface area contributed by atoms with Gasteiger partial charge in [0.1, 0.15) is 12.6 Å². The number of hydrogen-bond donors (Lipinski definition) is 0. The summed E-state index contributed by atoms with van der Waals surface area (Å²) in [5.74, 6) is 0.596. The van der Waals surface area contributed by atoms with Gasteiger partial charge in [-0.1, -0.05) is 71.5 Å². The summed E-state index contributed by atoms with van der Waals surface area (Å²) in [6.45, 7) is 6.39. The Bertz CT molecular complexity index is 1850. The third-order valence-electron chi connectivity index (χ3n) is 6.57. The van der Waals surface area contributed by atoms with Crippen molar-refractivity contribution < 1.29 is 19.0 Å². The lowest BCUT2D eigenvalue weighted by Gasteiger charge is -2.25. The third kappa shape index (κ3) is 6.09. The maximum atomic E-state index is 14.0. The van der Waals surface area contributed by atoms with Crippen LogP contribution in [0.25, 0.3) is 6.08 Å². The van der Waals surface area contributed by atoms with Crippen molar-refractivity contribution in [3.8, 4) is 11.5 Å². The summed E-state index contributed by atoms with van der Waals surface area (Å²) < 4.78 is 20.0. The first-order valence-corrected chi connectivity index (χ1v) is 15.4. The van der Waals surface area contributed by atoms with Gasteiger partial charge in [-0.05, 0) is 77.7 Å². The molecule has 0 spiro atoms. The Labute approximate surface area is 260 Å². The van der Waals surface area contributed by atoms with Gasteiger partial charge in [-0.15, -0.1) is 0 Å². The molecule has 1 aliphatic heterocycles. The van der Waals surface area contributed by atoms with Crippen LogP contribution in [0.15, 0.2) is 92.3 Å². The fraction of sp³-hybridized carbons (Fsp3) is 0.219. The Hall–Kier alpha value is -3.66. The van der Waals surface area contributed by atoms with Crippen LogP contribution in [0.3, 0.4) is 0 Å². The number of carbonyl (C=O) groups excluding carboxylic acids is 1. The van der Waals surface area contributed by atoms with Gasteiger partial charge in [0, 0.05) is 5.02 Å². The summed E-state index contributed by atoms with van der Waals surface area (Å²) in [7, 11) is 0. The van der Waals surface area contributed by atoms with E-state index in [1.807, 2.05) is 61.5 Å². The second kappa shape index (κ2) is 13.1. The fourth-order valence-electron chi connectivity index (χ4n) is 4.74. The predicted molar refractivity (Wildman–Crippen MR) is 168 cm³/mol. The summed E-state index contributed by atoms with van der Waals surface area (Å²) in [6, 6.07) is 20.0. The number of ether oxygens (including phenoxy) is 3. The lowest BCUT2D eigenvalue weighted by molar-refractivity contribution is -0.139. The first-order chi connectivity index (χ1) is 20.3. The molecule has 7 nitrogen and oxygen atoms in total. The Morgan fingerprint density at radius 2 is 1.81 bits per heavy atom. The van der Waals surface area contributed by atoms with Crippen molar-refractivity contribution in [1.82, 2.24) is 4.57 Å². The molecule has 0 saturated carbocycles. The molecule has 10 heteroatoms. The summed E-state index contributed by atoms with van der Waals surface area (Å²) in [6.07, 6.45) is 1.78. The Morgan fingerprint density at radius 3 is 2.52 bits per heavy atom. The number of nitrogens with zero attached hydrogens (tertiary/aromatic N) is 2. The smallest absolute Gasteiger partial charge is 0.338 e. The molecule has 1 atom stereocenters. The van der Waals surface area contributed by atoms with Gasteiger partial charge < -0.3 is 14.2 Å². The molecule has 216 valence electrons. The van der Waals surface area contributed by atoms with Crippen LogP contribution in [0.1, 0.15) is 43.5 Å². The van der Waals surface area contributed by atoms with E-state index in [0.717, 1.165) is 11.1 Å². The largest absolute Gasteiger partial charge is 0.490 e. The van der Waals surface area contributed by atoms with Crippen LogP contribution in [-0.2, 0) is 16.1 Å². The van der Waals surface area contributed by atoms with Crippen molar-refractivity contribution in [1.29, 1.82) is 0 Å². The molecule has 0 N–H and O–H groups in total. The number of benzene rings is 3. The van der Waals surface area contributed by atoms with Crippen molar-refractivity contribution in [3.63, 3.8) is 0 Å². The number of thiazole rings is 1. The van der Waals surface area contributed by atoms with Gasteiger partial charge in [0.2, 0.25) is 0 Å². The molecule has 0 fully saturated rings. The molecule has 0 amide bonds. The number of fused-ring (bicyclic) bond motifs is 1. The molecule has 4 aromatic rings. The topological polar surface area (TPSA) is 79.1 Å². The molecule has 1 aromatic heterocycles. The number of aromatic nitrogens is 1. The molecule has 0 unspecified atom stereocenters. The second-order valence-electron chi connectivity index (χ2n) is 9.36. The number of carbonyl (C=O) groups is 1. The van der Waals surface area contributed by atoms with Crippen LogP contribution in [0.2, 0.25) is 5.02 Å². The monoisotopic (exact) mass is 666 g/mol. The number of allylic oxidation sites excluding steroid dienone is 1. The summed E-state index contributed by atoms with van der Waals surface area (Å²) in [4.78, 5) is 32.2. The van der Waals surface area contributed by atoms with Crippen LogP contribution < -0.4 is 24.4 Å². The number of hydrogen-bond acceptors (Lipinski definition) is 7. The highest BCUT2D eigenvalue weighted by atomic mass is 79.9. The summed E-state index contributed by atoms with van der Waals surface area (Å²) in [5, 5.41) is 0.435. The van der Waals surface area contributed by atoms with Gasteiger partial charge in [0.15, 0.2) is 16.3 Å². The van der Waals surface area contributed by atoms with Crippen molar-refractivity contribution in [2.24, 2.45) is 4.99 Å². The number of halogens is 2. The Kier molecular flexibility index (Phi) is 9.30. The molecule has 42 heavy (non-hydrogen) atoms. The van der Waals surface area contributed by atoms with Crippen LogP contribution in [0, 0.1) is 0 Å². The zero-order valence-electron chi connectivity index (χ0n) is 23.2. The van der Waals surface area contributed by atoms with E-state index in [9.17, 15) is 9.59 Å². The number of esters is 1.